The van der Waals surface area contributed by atoms with Gasteiger partial charge in [-0.05, 0) is 71.1 Å². The SMILES string of the molecule is CCCCCCN(C(=O)C(CC(C)C)NC(=O)OC(C)(C)C)C(C(=O)NC(C)C)c1ccc(O)cc1. The number of hydrogen-bond donors (Lipinski definition) is 3. The maximum Gasteiger partial charge on any atom is 0.408 e. The van der Waals surface area contributed by atoms with Gasteiger partial charge in [0.05, 0.1) is 0 Å². The Morgan fingerprint density at radius 2 is 1.58 bits per heavy atom. The van der Waals surface area contributed by atoms with Crippen LogP contribution in [0.2, 0.25) is 0 Å². The Hall–Kier alpha value is -2.77. The average Bonchev–Trinajstić information content (AvgIpc) is 2.73. The quantitative estimate of drug-likeness (QED) is 0.315. The number of benzene rings is 1. The molecule has 2 atom stereocenters. The molecule has 0 aliphatic rings. The number of nitrogens with zero attached hydrogens (tertiary/aromatic N) is 1. The van der Waals surface area contributed by atoms with E-state index in [1.54, 1.807) is 37.8 Å². The Morgan fingerprint density at radius 3 is 2.08 bits per heavy atom. The molecule has 0 aromatic heterocycles. The van der Waals surface area contributed by atoms with Gasteiger partial charge in [-0.15, -0.1) is 0 Å². The van der Waals surface area contributed by atoms with Crippen LogP contribution in [0, 0.1) is 5.92 Å². The Kier molecular flexibility index (Phi) is 12.8. The predicted molar refractivity (Wildman–Crippen MR) is 143 cm³/mol. The van der Waals surface area contributed by atoms with Crippen LogP contribution in [-0.2, 0) is 14.3 Å². The zero-order valence-corrected chi connectivity index (χ0v) is 23.4. The Morgan fingerprint density at radius 1 is 0.972 bits per heavy atom. The van der Waals surface area contributed by atoms with Gasteiger partial charge in [-0.3, -0.25) is 9.59 Å². The third kappa shape index (κ3) is 11.3. The van der Waals surface area contributed by atoms with Crippen molar-refractivity contribution < 1.29 is 24.2 Å². The van der Waals surface area contributed by atoms with Crippen molar-refractivity contribution in [2.45, 2.75) is 111 Å². The average molecular weight is 506 g/mol. The van der Waals surface area contributed by atoms with Crippen LogP contribution in [-0.4, -0.2) is 52.1 Å². The number of hydrogen-bond acceptors (Lipinski definition) is 5. The fraction of sp³-hybridized carbons (Fsp3) is 0.679. The van der Waals surface area contributed by atoms with Gasteiger partial charge in [0.15, 0.2) is 0 Å². The van der Waals surface area contributed by atoms with Gasteiger partial charge in [0.25, 0.3) is 0 Å². The molecule has 0 heterocycles. The highest BCUT2D eigenvalue weighted by Crippen LogP contribution is 2.26. The van der Waals surface area contributed by atoms with E-state index < -0.39 is 23.8 Å². The molecule has 0 bridgehead atoms. The largest absolute Gasteiger partial charge is 0.508 e. The molecule has 0 saturated heterocycles. The number of nitrogens with one attached hydrogen (secondary N) is 2. The van der Waals surface area contributed by atoms with E-state index in [0.29, 0.717) is 18.5 Å². The summed E-state index contributed by atoms with van der Waals surface area (Å²) in [6, 6.07) is 4.45. The van der Waals surface area contributed by atoms with Crippen molar-refractivity contribution in [1.29, 1.82) is 0 Å². The van der Waals surface area contributed by atoms with Gasteiger partial charge in [0.2, 0.25) is 11.8 Å². The van der Waals surface area contributed by atoms with E-state index in [4.69, 9.17) is 4.74 Å². The normalized spacial score (nSPS) is 13.3. The molecule has 0 fully saturated rings. The molecule has 0 saturated carbocycles. The number of rotatable bonds is 13. The molecule has 8 nitrogen and oxygen atoms in total. The minimum atomic E-state index is -0.905. The molecule has 1 rings (SSSR count). The topological polar surface area (TPSA) is 108 Å². The predicted octanol–water partition coefficient (Wildman–Crippen LogP) is 5.31. The summed E-state index contributed by atoms with van der Waals surface area (Å²) in [6.45, 7) is 15.5. The molecule has 0 aliphatic heterocycles. The fourth-order valence-electron chi connectivity index (χ4n) is 3.91. The van der Waals surface area contributed by atoms with Crippen molar-refractivity contribution in [3.05, 3.63) is 29.8 Å². The summed E-state index contributed by atoms with van der Waals surface area (Å²) in [5.74, 6) is -0.442. The molecule has 1 aromatic carbocycles. The molecule has 3 amide bonds. The van der Waals surface area contributed by atoms with E-state index >= 15 is 0 Å². The van der Waals surface area contributed by atoms with Crippen LogP contribution in [0.5, 0.6) is 5.75 Å². The number of carbonyl (C=O) groups is 3. The van der Waals surface area contributed by atoms with Crippen LogP contribution in [0.15, 0.2) is 24.3 Å². The van der Waals surface area contributed by atoms with E-state index in [-0.39, 0.29) is 29.5 Å². The number of unbranched alkanes of at least 4 members (excludes halogenated alkanes) is 3. The zero-order valence-electron chi connectivity index (χ0n) is 23.4. The Balaban J connectivity index is 3.44. The van der Waals surface area contributed by atoms with Gasteiger partial charge in [0, 0.05) is 12.6 Å². The number of ether oxygens (including phenoxy) is 1. The third-order valence-electron chi connectivity index (χ3n) is 5.43. The summed E-state index contributed by atoms with van der Waals surface area (Å²) in [5.41, 5.74) is -0.114. The van der Waals surface area contributed by atoms with Gasteiger partial charge in [-0.2, -0.15) is 0 Å². The molecule has 36 heavy (non-hydrogen) atoms. The highest BCUT2D eigenvalue weighted by Gasteiger charge is 2.36. The Labute approximate surface area is 217 Å². The lowest BCUT2D eigenvalue weighted by atomic mass is 9.98. The number of phenols is 1. The summed E-state index contributed by atoms with van der Waals surface area (Å²) in [5, 5.41) is 15.5. The summed E-state index contributed by atoms with van der Waals surface area (Å²) >= 11 is 0. The molecule has 8 heteroatoms. The molecule has 204 valence electrons. The molecule has 3 N–H and O–H groups in total. The standard InChI is InChI=1S/C28H47N3O5/c1-9-10-11-12-17-31(24(25(33)29-20(4)5)21-13-15-22(32)16-14-21)26(34)23(18-19(2)3)30-27(35)36-28(6,7)8/h13-16,19-20,23-24,32H,9-12,17-18H2,1-8H3,(H,29,33)(H,30,35). The molecular formula is C28H47N3O5. The van der Waals surface area contributed by atoms with Crippen molar-refractivity contribution in [2.24, 2.45) is 5.92 Å². The molecule has 2 unspecified atom stereocenters. The van der Waals surface area contributed by atoms with Crippen molar-refractivity contribution in [3.63, 3.8) is 0 Å². The van der Waals surface area contributed by atoms with E-state index in [9.17, 15) is 19.5 Å². The van der Waals surface area contributed by atoms with Gasteiger partial charge >= 0.3 is 6.09 Å². The highest BCUT2D eigenvalue weighted by molar-refractivity contribution is 5.92. The first-order valence-electron chi connectivity index (χ1n) is 13.1. The number of aromatic hydroxyl groups is 1. The lowest BCUT2D eigenvalue weighted by Gasteiger charge is -2.35. The van der Waals surface area contributed by atoms with E-state index in [1.807, 2.05) is 27.7 Å². The Bertz CT molecular complexity index is 831. The van der Waals surface area contributed by atoms with Crippen LogP contribution in [0.1, 0.15) is 99.1 Å². The molecule has 0 spiro atoms. The van der Waals surface area contributed by atoms with Crippen molar-refractivity contribution in [1.82, 2.24) is 15.5 Å². The second kappa shape index (κ2) is 14.7. The lowest BCUT2D eigenvalue weighted by molar-refractivity contribution is -0.143. The summed E-state index contributed by atoms with van der Waals surface area (Å²) in [6.07, 6.45) is 3.44. The van der Waals surface area contributed by atoms with E-state index in [1.165, 1.54) is 12.1 Å². The van der Waals surface area contributed by atoms with Gasteiger partial charge in [-0.1, -0.05) is 52.2 Å². The number of alkyl carbamates (subject to hydrolysis) is 1. The van der Waals surface area contributed by atoms with Crippen LogP contribution in [0.3, 0.4) is 0 Å². The van der Waals surface area contributed by atoms with Crippen molar-refractivity contribution in [2.75, 3.05) is 6.54 Å². The minimum absolute atomic E-state index is 0.0758. The highest BCUT2D eigenvalue weighted by atomic mass is 16.6. The molecule has 0 aliphatic carbocycles. The fourth-order valence-corrected chi connectivity index (χ4v) is 3.91. The first-order valence-corrected chi connectivity index (χ1v) is 13.1. The lowest BCUT2D eigenvalue weighted by Crippen LogP contribution is -2.54. The van der Waals surface area contributed by atoms with Gasteiger partial charge in [0.1, 0.15) is 23.4 Å². The second-order valence-electron chi connectivity index (χ2n) is 11.1. The number of phenolic OH excluding ortho intramolecular Hbond substituents is 1. The van der Waals surface area contributed by atoms with Crippen LogP contribution in [0.4, 0.5) is 4.79 Å². The van der Waals surface area contributed by atoms with E-state index in [2.05, 4.69) is 17.6 Å². The summed E-state index contributed by atoms with van der Waals surface area (Å²) in [7, 11) is 0. The minimum Gasteiger partial charge on any atom is -0.508 e. The van der Waals surface area contributed by atoms with Gasteiger partial charge in [-0.25, -0.2) is 4.79 Å². The number of amides is 3. The van der Waals surface area contributed by atoms with Gasteiger partial charge < -0.3 is 25.4 Å². The van der Waals surface area contributed by atoms with E-state index in [0.717, 1.165) is 25.7 Å². The van der Waals surface area contributed by atoms with Crippen molar-refractivity contribution >= 4 is 17.9 Å². The second-order valence-corrected chi connectivity index (χ2v) is 11.1. The molecule has 1 aromatic rings. The first-order chi connectivity index (χ1) is 16.7. The summed E-state index contributed by atoms with van der Waals surface area (Å²) < 4.78 is 5.42. The van der Waals surface area contributed by atoms with Crippen LogP contribution in [0.25, 0.3) is 0 Å². The maximum absolute atomic E-state index is 14.0. The monoisotopic (exact) mass is 505 g/mol. The van der Waals surface area contributed by atoms with Crippen LogP contribution < -0.4 is 10.6 Å². The molecule has 0 radical (unpaired) electrons. The van der Waals surface area contributed by atoms with Crippen LogP contribution >= 0.6 is 0 Å². The zero-order chi connectivity index (χ0) is 27.5. The number of carbonyl (C=O) groups excluding carboxylic acids is 3. The smallest absolute Gasteiger partial charge is 0.408 e. The van der Waals surface area contributed by atoms with Crippen molar-refractivity contribution in [3.8, 4) is 5.75 Å². The third-order valence-corrected chi connectivity index (χ3v) is 5.43. The first kappa shape index (κ1) is 31.3. The maximum atomic E-state index is 14.0. The molecular weight excluding hydrogens is 458 g/mol. The summed E-state index contributed by atoms with van der Waals surface area (Å²) in [4.78, 5) is 41.7.